The number of ketones is 1. The molecule has 6 rings (SSSR count). The maximum absolute atomic E-state index is 14.4. The fourth-order valence-electron chi connectivity index (χ4n) is 5.72. The predicted octanol–water partition coefficient (Wildman–Crippen LogP) is 6.39. The van der Waals surface area contributed by atoms with Gasteiger partial charge in [0.15, 0.2) is 5.78 Å². The molecule has 0 bridgehead atoms. The van der Waals surface area contributed by atoms with E-state index in [4.69, 9.17) is 5.10 Å². The molecule has 4 nitrogen and oxygen atoms in total. The van der Waals surface area contributed by atoms with E-state index in [1.165, 1.54) is 5.01 Å². The monoisotopic (exact) mass is 456 g/mol. The third-order valence-electron chi connectivity index (χ3n) is 7.30. The molecular weight excluding hydrogens is 432 g/mol. The first-order chi connectivity index (χ1) is 17.1. The lowest BCUT2D eigenvalue weighted by atomic mass is 9.68. The van der Waals surface area contributed by atoms with Crippen LogP contribution >= 0.6 is 0 Å². The fraction of sp³-hybridized carbons (Fsp3) is 0.129. The molecule has 170 valence electrons. The van der Waals surface area contributed by atoms with Gasteiger partial charge >= 0.3 is 0 Å². The maximum Gasteiger partial charge on any atom is 0.264 e. The van der Waals surface area contributed by atoms with Crippen LogP contribution in [-0.4, -0.2) is 17.4 Å². The van der Waals surface area contributed by atoms with Crippen LogP contribution in [0.25, 0.3) is 16.8 Å². The van der Waals surface area contributed by atoms with E-state index in [0.29, 0.717) is 17.0 Å². The minimum Gasteiger partial charge on any atom is -0.294 e. The number of hydrogen-bond donors (Lipinski definition) is 0. The first-order valence-corrected chi connectivity index (χ1v) is 11.8. The Morgan fingerprint density at radius 3 is 2.26 bits per heavy atom. The molecule has 1 heterocycles. The summed E-state index contributed by atoms with van der Waals surface area (Å²) in [5.41, 5.74) is 2.61. The zero-order chi connectivity index (χ0) is 24.0. The maximum atomic E-state index is 14.4. The Bertz CT molecular complexity index is 1520. The second-order valence-corrected chi connectivity index (χ2v) is 9.16. The SMILES string of the molecule is CC1=NN(c2ccccc2)C(=O)[C@@]12/C(=C\c1ccccc1)C(=O)C[C@@H]2c1cccc2ccccc12. The molecule has 1 spiro atoms. The summed E-state index contributed by atoms with van der Waals surface area (Å²) in [6, 6.07) is 33.5. The largest absolute Gasteiger partial charge is 0.294 e. The van der Waals surface area contributed by atoms with Crippen LogP contribution in [0.2, 0.25) is 0 Å². The highest BCUT2D eigenvalue weighted by atomic mass is 16.2. The average Bonchev–Trinajstić information content (AvgIpc) is 3.34. The molecule has 0 aromatic heterocycles. The fourth-order valence-corrected chi connectivity index (χ4v) is 5.72. The second-order valence-electron chi connectivity index (χ2n) is 9.16. The zero-order valence-electron chi connectivity index (χ0n) is 19.4. The molecule has 0 N–H and O–H groups in total. The molecule has 0 unspecified atom stereocenters. The summed E-state index contributed by atoms with van der Waals surface area (Å²) in [6.07, 6.45) is 2.15. The van der Waals surface area contributed by atoms with E-state index in [1.54, 1.807) is 0 Å². The molecule has 0 saturated heterocycles. The molecular formula is C31H24N2O2. The number of hydrazone groups is 1. The number of Topliss-reactive ketones (excluding diaryl/α,β-unsaturated/α-hetero) is 1. The summed E-state index contributed by atoms with van der Waals surface area (Å²) in [5, 5.41) is 8.39. The third-order valence-corrected chi connectivity index (χ3v) is 7.30. The topological polar surface area (TPSA) is 49.7 Å². The number of anilines is 1. The molecule has 1 saturated carbocycles. The van der Waals surface area contributed by atoms with Crippen molar-refractivity contribution in [1.82, 2.24) is 0 Å². The lowest BCUT2D eigenvalue weighted by molar-refractivity contribution is -0.123. The molecule has 1 aliphatic carbocycles. The number of fused-ring (bicyclic) bond motifs is 1. The van der Waals surface area contributed by atoms with Gasteiger partial charge in [-0.2, -0.15) is 10.1 Å². The molecule has 4 aromatic carbocycles. The Hall–Kier alpha value is -4.31. The van der Waals surface area contributed by atoms with Gasteiger partial charge in [-0.25, -0.2) is 0 Å². The average molecular weight is 457 g/mol. The van der Waals surface area contributed by atoms with Gasteiger partial charge < -0.3 is 0 Å². The lowest BCUT2D eigenvalue weighted by Gasteiger charge is -2.31. The first-order valence-electron chi connectivity index (χ1n) is 11.8. The highest BCUT2D eigenvalue weighted by Crippen LogP contribution is 2.57. The lowest BCUT2D eigenvalue weighted by Crippen LogP contribution is -2.42. The van der Waals surface area contributed by atoms with Gasteiger partial charge in [-0.3, -0.25) is 9.59 Å². The van der Waals surface area contributed by atoms with Crippen LogP contribution in [0.15, 0.2) is 114 Å². The summed E-state index contributed by atoms with van der Waals surface area (Å²) < 4.78 is 0. The Morgan fingerprint density at radius 1 is 0.829 bits per heavy atom. The number of carbonyl (C=O) groups excluding carboxylic acids is 2. The number of benzene rings is 4. The van der Waals surface area contributed by atoms with Crippen LogP contribution in [0.5, 0.6) is 0 Å². The van der Waals surface area contributed by atoms with Crippen LogP contribution in [-0.2, 0) is 9.59 Å². The standard InChI is InChI=1S/C31H24N2O2/c1-21-31(30(35)33(32-21)24-15-6-3-7-16-24)27(26-18-10-14-23-13-8-9-17-25(23)26)20-29(34)28(31)19-22-11-4-2-5-12-22/h2-19,27H,20H2,1H3/b28-19-/t27-,31+/m1/s1. The summed E-state index contributed by atoms with van der Waals surface area (Å²) in [4.78, 5) is 28.1. The summed E-state index contributed by atoms with van der Waals surface area (Å²) >= 11 is 0. The molecule has 2 aliphatic rings. The van der Waals surface area contributed by atoms with Crippen molar-refractivity contribution in [2.24, 2.45) is 10.5 Å². The Labute approximate surface area is 204 Å². The van der Waals surface area contributed by atoms with E-state index in [2.05, 4.69) is 24.3 Å². The van der Waals surface area contributed by atoms with Gasteiger partial charge in [0, 0.05) is 17.9 Å². The van der Waals surface area contributed by atoms with Crippen molar-refractivity contribution < 1.29 is 9.59 Å². The van der Waals surface area contributed by atoms with Crippen molar-refractivity contribution in [3.05, 3.63) is 120 Å². The number of carbonyl (C=O) groups is 2. The number of para-hydroxylation sites is 1. The van der Waals surface area contributed by atoms with Crippen molar-refractivity contribution in [1.29, 1.82) is 0 Å². The van der Waals surface area contributed by atoms with E-state index in [-0.39, 0.29) is 24.0 Å². The van der Waals surface area contributed by atoms with Crippen LogP contribution in [0.4, 0.5) is 5.69 Å². The van der Waals surface area contributed by atoms with Gasteiger partial charge in [0.05, 0.1) is 11.4 Å². The van der Waals surface area contributed by atoms with Crippen molar-refractivity contribution >= 4 is 39.9 Å². The molecule has 1 aliphatic heterocycles. The van der Waals surface area contributed by atoms with Crippen LogP contribution in [0.1, 0.15) is 30.4 Å². The third kappa shape index (κ3) is 3.17. The van der Waals surface area contributed by atoms with E-state index in [9.17, 15) is 9.59 Å². The molecule has 1 amide bonds. The predicted molar refractivity (Wildman–Crippen MR) is 140 cm³/mol. The smallest absolute Gasteiger partial charge is 0.264 e. The number of amides is 1. The van der Waals surface area contributed by atoms with Gasteiger partial charge in [0.1, 0.15) is 5.41 Å². The van der Waals surface area contributed by atoms with Crippen molar-refractivity contribution in [2.45, 2.75) is 19.3 Å². The van der Waals surface area contributed by atoms with Crippen LogP contribution < -0.4 is 5.01 Å². The molecule has 2 atom stereocenters. The van der Waals surface area contributed by atoms with Crippen molar-refractivity contribution in [2.75, 3.05) is 5.01 Å². The minimum atomic E-state index is -1.16. The number of hydrogen-bond acceptors (Lipinski definition) is 3. The summed E-state index contributed by atoms with van der Waals surface area (Å²) in [7, 11) is 0. The van der Waals surface area contributed by atoms with E-state index >= 15 is 0 Å². The Kier molecular flexibility index (Phi) is 4.96. The Balaban J connectivity index is 1.61. The van der Waals surface area contributed by atoms with Gasteiger partial charge in [-0.1, -0.05) is 91.0 Å². The van der Waals surface area contributed by atoms with E-state index in [0.717, 1.165) is 21.9 Å². The van der Waals surface area contributed by atoms with E-state index < -0.39 is 5.41 Å². The van der Waals surface area contributed by atoms with Gasteiger partial charge in [0.2, 0.25) is 0 Å². The molecule has 4 aromatic rings. The van der Waals surface area contributed by atoms with Gasteiger partial charge in [0.25, 0.3) is 5.91 Å². The quantitative estimate of drug-likeness (QED) is 0.336. The first kappa shape index (κ1) is 21.2. The van der Waals surface area contributed by atoms with Crippen molar-refractivity contribution in [3.8, 4) is 0 Å². The number of nitrogens with zero attached hydrogens (tertiary/aromatic N) is 2. The highest BCUT2D eigenvalue weighted by molar-refractivity contribution is 6.29. The summed E-state index contributed by atoms with van der Waals surface area (Å²) in [6.45, 7) is 1.89. The van der Waals surface area contributed by atoms with E-state index in [1.807, 2.05) is 91.9 Å². The van der Waals surface area contributed by atoms with Gasteiger partial charge in [-0.05, 0) is 47.0 Å². The van der Waals surface area contributed by atoms with Gasteiger partial charge in [-0.15, -0.1) is 0 Å². The Morgan fingerprint density at radius 2 is 1.49 bits per heavy atom. The van der Waals surface area contributed by atoms with Crippen LogP contribution in [0, 0.1) is 5.41 Å². The second kappa shape index (κ2) is 8.17. The molecule has 35 heavy (non-hydrogen) atoms. The van der Waals surface area contributed by atoms with Crippen LogP contribution in [0.3, 0.4) is 0 Å². The highest BCUT2D eigenvalue weighted by Gasteiger charge is 2.63. The van der Waals surface area contributed by atoms with Crippen molar-refractivity contribution in [3.63, 3.8) is 0 Å². The summed E-state index contributed by atoms with van der Waals surface area (Å²) in [5.74, 6) is -0.530. The molecule has 0 radical (unpaired) electrons. The number of rotatable bonds is 3. The molecule has 4 heteroatoms. The normalized spacial score (nSPS) is 23.0. The minimum absolute atomic E-state index is 0.00963. The zero-order valence-corrected chi connectivity index (χ0v) is 19.4. The molecule has 1 fully saturated rings.